The van der Waals surface area contributed by atoms with Crippen LogP contribution in [0.3, 0.4) is 0 Å². The van der Waals surface area contributed by atoms with E-state index in [0.717, 1.165) is 0 Å². The van der Waals surface area contributed by atoms with Crippen LogP contribution in [-0.2, 0) is 0 Å². The van der Waals surface area contributed by atoms with Crippen molar-refractivity contribution < 1.29 is 0 Å². The van der Waals surface area contributed by atoms with Crippen molar-refractivity contribution in [3.8, 4) is 0 Å². The third-order valence-electron chi connectivity index (χ3n) is 5.74. The Balaban J connectivity index is 1.88. The van der Waals surface area contributed by atoms with Crippen molar-refractivity contribution >= 4 is 0 Å². The second-order valence-electron chi connectivity index (χ2n) is 7.83. The zero-order valence-corrected chi connectivity index (χ0v) is 16.9. The van der Waals surface area contributed by atoms with Crippen LogP contribution in [0.15, 0.2) is 60.7 Å². The topological polar surface area (TPSA) is 0 Å². The molecule has 0 saturated carbocycles. The van der Waals surface area contributed by atoms with Crippen LogP contribution >= 0.6 is 0 Å². The lowest BCUT2D eigenvalue weighted by Gasteiger charge is -2.19. The van der Waals surface area contributed by atoms with Crippen molar-refractivity contribution in [3.05, 3.63) is 105 Å². The lowest BCUT2D eigenvalue weighted by atomic mass is 9.85. The van der Waals surface area contributed by atoms with E-state index in [1.54, 1.807) is 0 Å². The van der Waals surface area contributed by atoms with Crippen LogP contribution < -0.4 is 0 Å². The predicted molar refractivity (Wildman–Crippen MR) is 113 cm³/mol. The van der Waals surface area contributed by atoms with Gasteiger partial charge in [0.25, 0.3) is 0 Å². The lowest BCUT2D eigenvalue weighted by molar-refractivity contribution is 0.885. The smallest absolute Gasteiger partial charge is 0.00637 e. The summed E-state index contributed by atoms with van der Waals surface area (Å²) in [7, 11) is 0. The number of rotatable bonds is 4. The first-order valence-corrected chi connectivity index (χ1v) is 9.61. The molecule has 0 aromatic heterocycles. The first-order chi connectivity index (χ1) is 12.4. The largest absolute Gasteiger partial charge is 0.0590 e. The number of aryl methyl sites for hydroxylation is 4. The standard InChI is InChI=1S/C26H30/c1-17-7-9-19(3)25(15-17)21(5)23-11-13-24(14-12-23)22(6)26-16-18(2)8-10-20(26)4/h7-16,21-22H,1-6H3. The maximum atomic E-state index is 2.33. The zero-order valence-electron chi connectivity index (χ0n) is 16.9. The second kappa shape index (κ2) is 7.50. The molecule has 0 N–H and O–H groups in total. The molecule has 134 valence electrons. The molecule has 0 bridgehead atoms. The van der Waals surface area contributed by atoms with Gasteiger partial charge in [-0.1, -0.05) is 85.6 Å². The van der Waals surface area contributed by atoms with Crippen molar-refractivity contribution in [3.63, 3.8) is 0 Å². The second-order valence-corrected chi connectivity index (χ2v) is 7.83. The molecule has 0 saturated heterocycles. The molecule has 0 spiro atoms. The maximum absolute atomic E-state index is 2.33. The lowest BCUT2D eigenvalue weighted by Crippen LogP contribution is -2.02. The SMILES string of the molecule is Cc1ccc(C)c(C(C)c2ccc(C(C)c3cc(C)ccc3C)cc2)c1. The fraction of sp³-hybridized carbons (Fsp3) is 0.308. The van der Waals surface area contributed by atoms with Crippen molar-refractivity contribution in [2.24, 2.45) is 0 Å². The van der Waals surface area contributed by atoms with Gasteiger partial charge in [0, 0.05) is 11.8 Å². The quantitative estimate of drug-likeness (QED) is 0.469. The van der Waals surface area contributed by atoms with Gasteiger partial charge in [-0.05, 0) is 61.1 Å². The van der Waals surface area contributed by atoms with E-state index in [9.17, 15) is 0 Å². The Morgan fingerprint density at radius 1 is 0.500 bits per heavy atom. The van der Waals surface area contributed by atoms with Crippen molar-refractivity contribution in [1.29, 1.82) is 0 Å². The number of hydrogen-bond donors (Lipinski definition) is 0. The molecule has 26 heavy (non-hydrogen) atoms. The number of hydrogen-bond acceptors (Lipinski definition) is 0. The van der Waals surface area contributed by atoms with Crippen molar-refractivity contribution in [1.82, 2.24) is 0 Å². The first kappa shape index (κ1) is 18.5. The fourth-order valence-electron chi connectivity index (χ4n) is 3.89. The summed E-state index contributed by atoms with van der Waals surface area (Å²) in [4.78, 5) is 0. The van der Waals surface area contributed by atoms with Gasteiger partial charge in [-0.15, -0.1) is 0 Å². The summed E-state index contributed by atoms with van der Waals surface area (Å²) in [6.07, 6.45) is 0. The fourth-order valence-corrected chi connectivity index (χ4v) is 3.89. The minimum absolute atomic E-state index is 0.417. The summed E-state index contributed by atoms with van der Waals surface area (Å²) in [6.45, 7) is 13.4. The Bertz CT molecular complexity index is 823. The molecule has 3 aromatic rings. The third-order valence-corrected chi connectivity index (χ3v) is 5.74. The molecule has 0 heteroatoms. The van der Waals surface area contributed by atoms with E-state index in [-0.39, 0.29) is 0 Å². The minimum Gasteiger partial charge on any atom is -0.0590 e. The van der Waals surface area contributed by atoms with Crippen LogP contribution in [0.2, 0.25) is 0 Å². The van der Waals surface area contributed by atoms with E-state index < -0.39 is 0 Å². The highest BCUT2D eigenvalue weighted by molar-refractivity contribution is 5.43. The summed E-state index contributed by atoms with van der Waals surface area (Å²) < 4.78 is 0. The van der Waals surface area contributed by atoms with Gasteiger partial charge < -0.3 is 0 Å². The molecule has 0 aliphatic heterocycles. The van der Waals surface area contributed by atoms with Gasteiger partial charge in [0.1, 0.15) is 0 Å². The molecule has 2 atom stereocenters. The van der Waals surface area contributed by atoms with Crippen LogP contribution in [0.5, 0.6) is 0 Å². The third kappa shape index (κ3) is 3.75. The zero-order chi connectivity index (χ0) is 18.8. The van der Waals surface area contributed by atoms with Crippen LogP contribution in [0, 0.1) is 27.7 Å². The molecule has 0 radical (unpaired) electrons. The number of benzene rings is 3. The van der Waals surface area contributed by atoms with Gasteiger partial charge in [-0.25, -0.2) is 0 Å². The highest BCUT2D eigenvalue weighted by Crippen LogP contribution is 2.31. The molecule has 2 unspecified atom stereocenters. The molecule has 3 rings (SSSR count). The average molecular weight is 343 g/mol. The van der Waals surface area contributed by atoms with Gasteiger partial charge >= 0.3 is 0 Å². The average Bonchev–Trinajstić information content (AvgIpc) is 2.64. The highest BCUT2D eigenvalue weighted by Gasteiger charge is 2.14. The predicted octanol–water partition coefficient (Wildman–Crippen LogP) is 7.22. The maximum Gasteiger partial charge on any atom is 0.00637 e. The highest BCUT2D eigenvalue weighted by atomic mass is 14.2. The molecule has 0 heterocycles. The van der Waals surface area contributed by atoms with E-state index in [0.29, 0.717) is 11.8 Å². The van der Waals surface area contributed by atoms with E-state index in [1.165, 1.54) is 44.5 Å². The summed E-state index contributed by atoms with van der Waals surface area (Å²) in [5, 5.41) is 0. The van der Waals surface area contributed by atoms with Crippen LogP contribution in [0.1, 0.15) is 70.2 Å². The molecule has 0 aliphatic rings. The molecular formula is C26H30. The summed E-state index contributed by atoms with van der Waals surface area (Å²) in [5.41, 5.74) is 11.0. The molecule has 3 aromatic carbocycles. The normalized spacial score (nSPS) is 13.5. The van der Waals surface area contributed by atoms with Crippen LogP contribution in [-0.4, -0.2) is 0 Å². The summed E-state index contributed by atoms with van der Waals surface area (Å²) in [6, 6.07) is 22.7. The van der Waals surface area contributed by atoms with E-state index in [2.05, 4.69) is 102 Å². The van der Waals surface area contributed by atoms with Crippen LogP contribution in [0.4, 0.5) is 0 Å². The van der Waals surface area contributed by atoms with Crippen LogP contribution in [0.25, 0.3) is 0 Å². The van der Waals surface area contributed by atoms with Gasteiger partial charge in [-0.3, -0.25) is 0 Å². The summed E-state index contributed by atoms with van der Waals surface area (Å²) >= 11 is 0. The minimum atomic E-state index is 0.417. The first-order valence-electron chi connectivity index (χ1n) is 9.61. The Morgan fingerprint density at radius 3 is 1.19 bits per heavy atom. The molecule has 0 nitrogen and oxygen atoms in total. The molecular weight excluding hydrogens is 312 g/mol. The Labute approximate surface area is 158 Å². The van der Waals surface area contributed by atoms with Crippen molar-refractivity contribution in [2.75, 3.05) is 0 Å². The van der Waals surface area contributed by atoms with Gasteiger partial charge in [-0.2, -0.15) is 0 Å². The van der Waals surface area contributed by atoms with Gasteiger partial charge in [0.05, 0.1) is 0 Å². The van der Waals surface area contributed by atoms with E-state index in [1.807, 2.05) is 0 Å². The Kier molecular flexibility index (Phi) is 5.32. The molecule has 0 amide bonds. The summed E-state index contributed by atoms with van der Waals surface area (Å²) in [5.74, 6) is 0.833. The molecule has 0 fully saturated rings. The van der Waals surface area contributed by atoms with E-state index >= 15 is 0 Å². The van der Waals surface area contributed by atoms with Crippen molar-refractivity contribution in [2.45, 2.75) is 53.4 Å². The Hall–Kier alpha value is -2.34. The Morgan fingerprint density at radius 2 is 0.846 bits per heavy atom. The van der Waals surface area contributed by atoms with Gasteiger partial charge in [0.2, 0.25) is 0 Å². The van der Waals surface area contributed by atoms with Gasteiger partial charge in [0.15, 0.2) is 0 Å². The molecule has 0 aliphatic carbocycles. The monoisotopic (exact) mass is 342 g/mol. The van der Waals surface area contributed by atoms with E-state index in [4.69, 9.17) is 0 Å².